The number of rotatable bonds is 7. The highest BCUT2D eigenvalue weighted by Crippen LogP contribution is 2.34. The molecule has 1 atom stereocenters. The molecule has 1 rings (SSSR count). The Hall–Kier alpha value is -1.26. The first kappa shape index (κ1) is 14.8. The van der Waals surface area contributed by atoms with Gasteiger partial charge in [-0.15, -0.1) is 0 Å². The van der Waals surface area contributed by atoms with Crippen molar-refractivity contribution in [3.05, 3.63) is 0 Å². The maximum atomic E-state index is 11.8. The van der Waals surface area contributed by atoms with Gasteiger partial charge in [0.15, 0.2) is 0 Å². The van der Waals surface area contributed by atoms with Gasteiger partial charge >= 0.3 is 12.0 Å². The van der Waals surface area contributed by atoms with Gasteiger partial charge in [-0.2, -0.15) is 0 Å². The summed E-state index contributed by atoms with van der Waals surface area (Å²) in [7, 11) is 0. The molecule has 0 aromatic rings. The van der Waals surface area contributed by atoms with Crippen LogP contribution >= 0.6 is 0 Å². The fourth-order valence-electron chi connectivity index (χ4n) is 2.30. The van der Waals surface area contributed by atoms with Crippen LogP contribution in [0.2, 0.25) is 0 Å². The third-order valence-electron chi connectivity index (χ3n) is 3.77. The summed E-state index contributed by atoms with van der Waals surface area (Å²) in [6, 6.07) is -0.113. The molecule has 0 aliphatic heterocycles. The van der Waals surface area contributed by atoms with Gasteiger partial charge in [-0.1, -0.05) is 6.92 Å². The van der Waals surface area contributed by atoms with Crippen molar-refractivity contribution in [2.45, 2.75) is 70.4 Å². The molecule has 0 bridgehead atoms. The Morgan fingerprint density at radius 3 is 2.50 bits per heavy atom. The van der Waals surface area contributed by atoms with Crippen LogP contribution in [0.5, 0.6) is 0 Å². The summed E-state index contributed by atoms with van der Waals surface area (Å²) in [5, 5.41) is 14.4. The van der Waals surface area contributed by atoms with Gasteiger partial charge in [0.05, 0.1) is 0 Å². The first-order valence-electron chi connectivity index (χ1n) is 6.78. The minimum Gasteiger partial charge on any atom is -0.481 e. The largest absolute Gasteiger partial charge is 0.481 e. The summed E-state index contributed by atoms with van der Waals surface area (Å²) in [6.07, 6.45) is 5.71. The van der Waals surface area contributed by atoms with Crippen LogP contribution in [0.25, 0.3) is 0 Å². The van der Waals surface area contributed by atoms with E-state index in [4.69, 9.17) is 5.11 Å². The van der Waals surface area contributed by atoms with Crippen molar-refractivity contribution >= 4 is 12.0 Å². The highest BCUT2D eigenvalue weighted by atomic mass is 16.4. The molecule has 5 heteroatoms. The van der Waals surface area contributed by atoms with Gasteiger partial charge in [0.2, 0.25) is 0 Å². The standard InChI is InChI=1S/C13H24N2O3/c1-3-13(8-5-9-13)15-12(18)14-10(2)6-4-7-11(16)17/h10H,3-9H2,1-2H3,(H,16,17)(H2,14,15,18). The number of amides is 2. The van der Waals surface area contributed by atoms with E-state index in [1.54, 1.807) is 0 Å². The first-order chi connectivity index (χ1) is 8.47. The van der Waals surface area contributed by atoms with Gasteiger partial charge in [-0.3, -0.25) is 4.79 Å². The van der Waals surface area contributed by atoms with E-state index in [2.05, 4.69) is 17.6 Å². The number of urea groups is 1. The summed E-state index contributed by atoms with van der Waals surface area (Å²) in [5.41, 5.74) is 0.00483. The molecule has 3 N–H and O–H groups in total. The smallest absolute Gasteiger partial charge is 0.315 e. The number of nitrogens with one attached hydrogen (secondary N) is 2. The molecule has 0 radical (unpaired) electrons. The lowest BCUT2D eigenvalue weighted by molar-refractivity contribution is -0.137. The Morgan fingerprint density at radius 2 is 2.06 bits per heavy atom. The predicted octanol–water partition coefficient (Wildman–Crippen LogP) is 2.26. The lowest BCUT2D eigenvalue weighted by Crippen LogP contribution is -2.56. The number of carbonyl (C=O) groups excluding carboxylic acids is 1. The molecule has 1 aliphatic rings. The van der Waals surface area contributed by atoms with Crippen LogP contribution in [0.3, 0.4) is 0 Å². The Morgan fingerprint density at radius 1 is 1.39 bits per heavy atom. The predicted molar refractivity (Wildman–Crippen MR) is 69.5 cm³/mol. The van der Waals surface area contributed by atoms with Crippen molar-refractivity contribution in [3.63, 3.8) is 0 Å². The summed E-state index contributed by atoms with van der Waals surface area (Å²) >= 11 is 0. The van der Waals surface area contributed by atoms with E-state index in [-0.39, 0.29) is 24.0 Å². The van der Waals surface area contributed by atoms with E-state index < -0.39 is 5.97 Å². The maximum absolute atomic E-state index is 11.8. The maximum Gasteiger partial charge on any atom is 0.315 e. The molecule has 18 heavy (non-hydrogen) atoms. The number of carbonyl (C=O) groups is 2. The zero-order valence-electron chi connectivity index (χ0n) is 11.3. The van der Waals surface area contributed by atoms with E-state index in [1.165, 1.54) is 6.42 Å². The highest BCUT2D eigenvalue weighted by molar-refractivity contribution is 5.75. The Kier molecular flexibility index (Phi) is 5.44. The fraction of sp³-hybridized carbons (Fsp3) is 0.846. The molecule has 5 nitrogen and oxygen atoms in total. The topological polar surface area (TPSA) is 78.4 Å². The van der Waals surface area contributed by atoms with E-state index >= 15 is 0 Å². The summed E-state index contributed by atoms with van der Waals surface area (Å²) < 4.78 is 0. The first-order valence-corrected chi connectivity index (χ1v) is 6.78. The second-order valence-electron chi connectivity index (χ2n) is 5.27. The van der Waals surface area contributed by atoms with Gasteiger partial charge in [-0.25, -0.2) is 4.79 Å². The van der Waals surface area contributed by atoms with Crippen LogP contribution < -0.4 is 10.6 Å². The Labute approximate surface area is 108 Å². The number of carboxylic acids is 1. The molecule has 0 aromatic heterocycles. The molecule has 1 saturated carbocycles. The zero-order valence-corrected chi connectivity index (χ0v) is 11.3. The van der Waals surface area contributed by atoms with E-state index in [9.17, 15) is 9.59 Å². The zero-order chi connectivity index (χ0) is 13.6. The molecule has 2 amide bonds. The SMILES string of the molecule is CCC1(NC(=O)NC(C)CCCC(=O)O)CCC1. The highest BCUT2D eigenvalue weighted by Gasteiger charge is 2.36. The lowest BCUT2D eigenvalue weighted by atomic mass is 9.75. The summed E-state index contributed by atoms with van der Waals surface area (Å²) in [6.45, 7) is 4.00. The molecule has 1 fully saturated rings. The monoisotopic (exact) mass is 256 g/mol. The van der Waals surface area contributed by atoms with Crippen molar-refractivity contribution < 1.29 is 14.7 Å². The van der Waals surface area contributed by atoms with Crippen LogP contribution in [0.1, 0.15) is 58.8 Å². The van der Waals surface area contributed by atoms with Gasteiger partial charge in [-0.05, 0) is 45.4 Å². The van der Waals surface area contributed by atoms with Crippen LogP contribution in [0.4, 0.5) is 4.79 Å². The Bertz CT molecular complexity index is 295. The molecular weight excluding hydrogens is 232 g/mol. The van der Waals surface area contributed by atoms with Crippen molar-refractivity contribution in [1.29, 1.82) is 0 Å². The quantitative estimate of drug-likeness (QED) is 0.653. The molecule has 104 valence electrons. The van der Waals surface area contributed by atoms with Crippen molar-refractivity contribution in [3.8, 4) is 0 Å². The Balaban J connectivity index is 2.20. The van der Waals surface area contributed by atoms with Gasteiger partial charge in [0.25, 0.3) is 0 Å². The fourth-order valence-corrected chi connectivity index (χ4v) is 2.30. The molecule has 0 heterocycles. The van der Waals surface area contributed by atoms with E-state index in [1.807, 2.05) is 6.92 Å². The number of aliphatic carboxylic acids is 1. The minimum atomic E-state index is -0.786. The van der Waals surface area contributed by atoms with Crippen LogP contribution in [-0.2, 0) is 4.79 Å². The number of hydrogen-bond acceptors (Lipinski definition) is 2. The van der Waals surface area contributed by atoms with Crippen LogP contribution in [0.15, 0.2) is 0 Å². The van der Waals surface area contributed by atoms with Gasteiger partial charge in [0, 0.05) is 18.0 Å². The molecule has 0 saturated heterocycles. The third-order valence-corrected chi connectivity index (χ3v) is 3.77. The number of hydrogen-bond donors (Lipinski definition) is 3. The summed E-state index contributed by atoms with van der Waals surface area (Å²) in [5.74, 6) is -0.786. The van der Waals surface area contributed by atoms with Crippen LogP contribution in [0, 0.1) is 0 Å². The van der Waals surface area contributed by atoms with Crippen LogP contribution in [-0.4, -0.2) is 28.7 Å². The second kappa shape index (κ2) is 6.61. The normalized spacial score (nSPS) is 18.6. The third kappa shape index (κ3) is 4.55. The second-order valence-corrected chi connectivity index (χ2v) is 5.27. The summed E-state index contributed by atoms with van der Waals surface area (Å²) in [4.78, 5) is 22.2. The van der Waals surface area contributed by atoms with Gasteiger partial charge < -0.3 is 15.7 Å². The average molecular weight is 256 g/mol. The molecule has 0 spiro atoms. The van der Waals surface area contributed by atoms with Gasteiger partial charge in [0.1, 0.15) is 0 Å². The van der Waals surface area contributed by atoms with Crippen molar-refractivity contribution in [2.75, 3.05) is 0 Å². The molecule has 0 aromatic carbocycles. The van der Waals surface area contributed by atoms with E-state index in [0.717, 1.165) is 19.3 Å². The van der Waals surface area contributed by atoms with E-state index in [0.29, 0.717) is 12.8 Å². The molecular formula is C13H24N2O3. The lowest BCUT2D eigenvalue weighted by Gasteiger charge is -2.42. The number of carboxylic acid groups (broad SMARTS) is 1. The molecule has 1 aliphatic carbocycles. The van der Waals surface area contributed by atoms with Crippen molar-refractivity contribution in [2.24, 2.45) is 0 Å². The average Bonchev–Trinajstić information content (AvgIpc) is 2.22. The molecule has 1 unspecified atom stereocenters. The van der Waals surface area contributed by atoms with Crippen molar-refractivity contribution in [1.82, 2.24) is 10.6 Å². The minimum absolute atomic E-state index is 0.00483.